The molecule has 17 heavy (non-hydrogen) atoms. The van der Waals surface area contributed by atoms with Gasteiger partial charge in [-0.25, -0.2) is 4.98 Å². The first kappa shape index (κ1) is 11.4. The molecule has 0 atom stereocenters. The first-order chi connectivity index (χ1) is 8.29. The molecule has 4 heteroatoms. The highest BCUT2D eigenvalue weighted by atomic mass is 35.5. The molecule has 1 aromatic heterocycles. The zero-order chi connectivity index (χ0) is 12.1. The van der Waals surface area contributed by atoms with Gasteiger partial charge in [-0.1, -0.05) is 23.7 Å². The average Bonchev–Trinajstić information content (AvgIpc) is 2.38. The second-order valence-corrected chi connectivity index (χ2v) is 3.90. The van der Waals surface area contributed by atoms with Crippen LogP contribution in [0.2, 0.25) is 5.02 Å². The van der Waals surface area contributed by atoms with Crippen molar-refractivity contribution in [1.82, 2.24) is 4.98 Å². The minimum Gasteiger partial charge on any atom is -0.380 e. The van der Waals surface area contributed by atoms with E-state index >= 15 is 0 Å². The molecule has 0 aliphatic carbocycles. The van der Waals surface area contributed by atoms with Crippen molar-refractivity contribution in [3.63, 3.8) is 0 Å². The maximum atomic E-state index is 8.74. The summed E-state index contributed by atoms with van der Waals surface area (Å²) in [6, 6.07) is 13.2. The Bertz CT molecular complexity index is 561. The molecule has 0 fully saturated rings. The van der Waals surface area contributed by atoms with Gasteiger partial charge >= 0.3 is 0 Å². The van der Waals surface area contributed by atoms with Gasteiger partial charge in [-0.15, -0.1) is 0 Å². The zero-order valence-electron chi connectivity index (χ0n) is 9.02. The second kappa shape index (κ2) is 5.33. The molecule has 0 aliphatic heterocycles. The molecular weight excluding hydrogens is 234 g/mol. The fourth-order valence-corrected chi connectivity index (χ4v) is 1.65. The fraction of sp³-hybridized carbons (Fsp3) is 0.0769. The lowest BCUT2D eigenvalue weighted by atomic mass is 10.2. The third-order valence-corrected chi connectivity index (χ3v) is 2.63. The molecule has 1 aromatic carbocycles. The van der Waals surface area contributed by atoms with Crippen LogP contribution >= 0.6 is 11.6 Å². The summed E-state index contributed by atoms with van der Waals surface area (Å²) in [5.74, 6) is 0. The molecule has 0 spiro atoms. The van der Waals surface area contributed by atoms with Gasteiger partial charge in [0.25, 0.3) is 0 Å². The van der Waals surface area contributed by atoms with Crippen LogP contribution in [0.3, 0.4) is 0 Å². The number of benzene rings is 1. The van der Waals surface area contributed by atoms with E-state index in [0.717, 1.165) is 11.3 Å². The van der Waals surface area contributed by atoms with E-state index in [1.165, 1.54) is 0 Å². The van der Waals surface area contributed by atoms with Gasteiger partial charge < -0.3 is 5.32 Å². The molecule has 0 saturated heterocycles. The van der Waals surface area contributed by atoms with Crippen LogP contribution < -0.4 is 5.32 Å². The summed E-state index contributed by atoms with van der Waals surface area (Å²) in [6.07, 6.45) is 1.63. The van der Waals surface area contributed by atoms with Crippen LogP contribution in [0, 0.1) is 11.3 Å². The van der Waals surface area contributed by atoms with Gasteiger partial charge in [0.1, 0.15) is 11.8 Å². The van der Waals surface area contributed by atoms with Gasteiger partial charge in [0.15, 0.2) is 0 Å². The molecule has 0 aliphatic rings. The Morgan fingerprint density at radius 1 is 1.29 bits per heavy atom. The van der Waals surface area contributed by atoms with Crippen molar-refractivity contribution in [3.8, 4) is 6.07 Å². The molecule has 0 saturated carbocycles. The first-order valence-corrected chi connectivity index (χ1v) is 5.51. The molecular formula is C13H10ClN3. The number of nitrogens with one attached hydrogen (secondary N) is 1. The van der Waals surface area contributed by atoms with E-state index in [9.17, 15) is 0 Å². The minimum absolute atomic E-state index is 0.420. The Labute approximate surface area is 105 Å². The SMILES string of the molecule is N#Cc1cc(CNc2ccccc2Cl)ccn1. The third kappa shape index (κ3) is 2.96. The molecule has 2 aromatic rings. The van der Waals surface area contributed by atoms with E-state index in [1.807, 2.05) is 36.4 Å². The Morgan fingerprint density at radius 2 is 2.12 bits per heavy atom. The van der Waals surface area contributed by atoms with Crippen molar-refractivity contribution in [2.75, 3.05) is 5.32 Å². The van der Waals surface area contributed by atoms with Crippen molar-refractivity contribution in [3.05, 3.63) is 58.9 Å². The number of hydrogen-bond donors (Lipinski definition) is 1. The molecule has 1 heterocycles. The van der Waals surface area contributed by atoms with Crippen LogP contribution in [0.25, 0.3) is 0 Å². The quantitative estimate of drug-likeness (QED) is 0.901. The molecule has 0 radical (unpaired) electrons. The second-order valence-electron chi connectivity index (χ2n) is 3.49. The predicted molar refractivity (Wildman–Crippen MR) is 67.7 cm³/mol. The number of para-hydroxylation sites is 1. The lowest BCUT2D eigenvalue weighted by Gasteiger charge is -2.07. The Hall–Kier alpha value is -2.05. The van der Waals surface area contributed by atoms with Crippen LogP contribution in [-0.4, -0.2) is 4.98 Å². The minimum atomic E-state index is 0.420. The predicted octanol–water partition coefficient (Wildman–Crippen LogP) is 3.22. The summed E-state index contributed by atoms with van der Waals surface area (Å²) >= 11 is 6.02. The van der Waals surface area contributed by atoms with Crippen molar-refractivity contribution in [2.45, 2.75) is 6.54 Å². The van der Waals surface area contributed by atoms with Gasteiger partial charge in [0.2, 0.25) is 0 Å². The van der Waals surface area contributed by atoms with Gasteiger partial charge in [-0.05, 0) is 29.8 Å². The number of aromatic nitrogens is 1. The van der Waals surface area contributed by atoms with E-state index in [-0.39, 0.29) is 0 Å². The normalized spacial score (nSPS) is 9.65. The number of nitriles is 1. The van der Waals surface area contributed by atoms with Gasteiger partial charge in [-0.3, -0.25) is 0 Å². The standard InChI is InChI=1S/C13H10ClN3/c14-12-3-1-2-4-13(12)17-9-10-5-6-16-11(7-10)8-15/h1-7,17H,9H2. The number of anilines is 1. The van der Waals surface area contributed by atoms with Crippen LogP contribution in [0.15, 0.2) is 42.6 Å². The van der Waals surface area contributed by atoms with Crippen LogP contribution in [0.4, 0.5) is 5.69 Å². The molecule has 3 nitrogen and oxygen atoms in total. The third-order valence-electron chi connectivity index (χ3n) is 2.30. The summed E-state index contributed by atoms with van der Waals surface area (Å²) in [7, 11) is 0. The van der Waals surface area contributed by atoms with Crippen LogP contribution in [0.5, 0.6) is 0 Å². The van der Waals surface area contributed by atoms with Crippen LogP contribution in [0.1, 0.15) is 11.3 Å². The largest absolute Gasteiger partial charge is 0.380 e. The van der Waals surface area contributed by atoms with Gasteiger partial charge in [0, 0.05) is 12.7 Å². The summed E-state index contributed by atoms with van der Waals surface area (Å²) in [5.41, 5.74) is 2.30. The smallest absolute Gasteiger partial charge is 0.140 e. The van der Waals surface area contributed by atoms with E-state index < -0.39 is 0 Å². The van der Waals surface area contributed by atoms with Crippen LogP contribution in [-0.2, 0) is 6.54 Å². The lowest BCUT2D eigenvalue weighted by Crippen LogP contribution is -2.00. The Balaban J connectivity index is 2.08. The average molecular weight is 244 g/mol. The highest BCUT2D eigenvalue weighted by Gasteiger charge is 1.99. The zero-order valence-corrected chi connectivity index (χ0v) is 9.78. The maximum absolute atomic E-state index is 8.74. The highest BCUT2D eigenvalue weighted by Crippen LogP contribution is 2.21. The molecule has 84 valence electrons. The number of pyridine rings is 1. The van der Waals surface area contributed by atoms with Crippen molar-refractivity contribution < 1.29 is 0 Å². The van der Waals surface area contributed by atoms with Gasteiger partial charge in [-0.2, -0.15) is 5.26 Å². The molecule has 0 bridgehead atoms. The summed E-state index contributed by atoms with van der Waals surface area (Å²) in [4.78, 5) is 3.92. The number of halogens is 1. The number of rotatable bonds is 3. The maximum Gasteiger partial charge on any atom is 0.140 e. The molecule has 0 amide bonds. The van der Waals surface area contributed by atoms with Gasteiger partial charge in [0.05, 0.1) is 10.7 Å². The summed E-state index contributed by atoms with van der Waals surface area (Å²) in [5, 5.41) is 12.6. The Kier molecular flexibility index (Phi) is 3.59. The van der Waals surface area contributed by atoms with Crippen molar-refractivity contribution in [2.24, 2.45) is 0 Å². The van der Waals surface area contributed by atoms with E-state index in [4.69, 9.17) is 16.9 Å². The first-order valence-electron chi connectivity index (χ1n) is 5.13. The number of nitrogens with zero attached hydrogens (tertiary/aromatic N) is 2. The van der Waals surface area contributed by atoms with Crippen molar-refractivity contribution >= 4 is 17.3 Å². The van der Waals surface area contributed by atoms with E-state index in [2.05, 4.69) is 10.3 Å². The molecule has 1 N–H and O–H groups in total. The lowest BCUT2D eigenvalue weighted by molar-refractivity contribution is 1.12. The fourth-order valence-electron chi connectivity index (χ4n) is 1.45. The van der Waals surface area contributed by atoms with E-state index in [1.54, 1.807) is 12.3 Å². The van der Waals surface area contributed by atoms with Crippen molar-refractivity contribution in [1.29, 1.82) is 5.26 Å². The Morgan fingerprint density at radius 3 is 2.88 bits per heavy atom. The number of hydrogen-bond acceptors (Lipinski definition) is 3. The molecule has 0 unspecified atom stereocenters. The summed E-state index contributed by atoms with van der Waals surface area (Å²) < 4.78 is 0. The van der Waals surface area contributed by atoms with E-state index in [0.29, 0.717) is 17.3 Å². The highest BCUT2D eigenvalue weighted by molar-refractivity contribution is 6.33. The topological polar surface area (TPSA) is 48.7 Å². The summed E-state index contributed by atoms with van der Waals surface area (Å²) in [6.45, 7) is 0.612. The molecule has 2 rings (SSSR count). The monoisotopic (exact) mass is 243 g/mol.